The summed E-state index contributed by atoms with van der Waals surface area (Å²) in [5, 5.41) is 16.2. The van der Waals surface area contributed by atoms with Crippen molar-refractivity contribution in [1.82, 2.24) is 10.4 Å². The van der Waals surface area contributed by atoms with Crippen LogP contribution in [0.5, 0.6) is 0 Å². The van der Waals surface area contributed by atoms with E-state index in [1.165, 1.54) is 6.34 Å². The van der Waals surface area contributed by atoms with Gasteiger partial charge < -0.3 is 0 Å². The molecule has 2 rings (SSSR count). The molecule has 0 aromatic heterocycles. The zero-order valence-electron chi connectivity index (χ0n) is 4.97. The Morgan fingerprint density at radius 3 is 3.40 bits per heavy atom. The summed E-state index contributed by atoms with van der Waals surface area (Å²) in [7, 11) is 0. The molecule has 6 heteroatoms. The Morgan fingerprint density at radius 2 is 2.50 bits per heavy atom. The van der Waals surface area contributed by atoms with E-state index in [2.05, 4.69) is 25.9 Å². The van der Waals surface area contributed by atoms with Gasteiger partial charge in [0.2, 0.25) is 0 Å². The third kappa shape index (κ3) is 0.661. The van der Waals surface area contributed by atoms with Gasteiger partial charge in [0, 0.05) is 0 Å². The molecule has 0 bridgehead atoms. The molecular formula is C4H4N6. The van der Waals surface area contributed by atoms with Gasteiger partial charge in [0.15, 0.2) is 0 Å². The van der Waals surface area contributed by atoms with Gasteiger partial charge >= 0.3 is 0 Å². The van der Waals surface area contributed by atoms with Crippen molar-refractivity contribution in [3.8, 4) is 0 Å². The number of azo groups is 1. The maximum Gasteiger partial charge on any atom is 0.287 e. The first-order valence-electron chi connectivity index (χ1n) is 2.69. The van der Waals surface area contributed by atoms with Crippen molar-refractivity contribution in [1.29, 1.82) is 0 Å². The van der Waals surface area contributed by atoms with E-state index in [0.29, 0.717) is 5.96 Å². The number of nitrogens with one attached hydrogen (secondary N) is 1. The molecule has 2 aliphatic rings. The predicted octanol–water partition coefficient (Wildman–Crippen LogP) is 0.0429. The van der Waals surface area contributed by atoms with Crippen LogP contribution in [-0.4, -0.2) is 17.3 Å². The minimum atomic E-state index is 0.449. The van der Waals surface area contributed by atoms with E-state index < -0.39 is 0 Å². The summed E-state index contributed by atoms with van der Waals surface area (Å²) in [6.45, 7) is 0. The highest BCUT2D eigenvalue weighted by molar-refractivity contribution is 5.84. The van der Waals surface area contributed by atoms with Crippen molar-refractivity contribution in [2.24, 2.45) is 20.4 Å². The maximum absolute atomic E-state index is 3.69. The molecule has 2 heterocycles. The molecule has 0 aliphatic carbocycles. The number of hydrogen-bond donors (Lipinski definition) is 1. The van der Waals surface area contributed by atoms with Crippen LogP contribution in [0.1, 0.15) is 0 Å². The normalized spacial score (nSPS) is 20.0. The van der Waals surface area contributed by atoms with Gasteiger partial charge in [0.1, 0.15) is 6.34 Å². The first kappa shape index (κ1) is 5.10. The van der Waals surface area contributed by atoms with E-state index >= 15 is 0 Å². The second-order valence-corrected chi connectivity index (χ2v) is 1.66. The highest BCUT2D eigenvalue weighted by Crippen LogP contribution is 2.01. The van der Waals surface area contributed by atoms with Gasteiger partial charge in [-0.15, -0.1) is 15.3 Å². The fraction of sp³-hybridized carbons (Fsp3) is 0. The number of rotatable bonds is 0. The standard InChI is InChI=1S/C4H4N6/c1-2-10-4(8-5-1)9-6-3-7-10/h1-3H,(H,6,7). The fourth-order valence-electron chi connectivity index (χ4n) is 0.634. The Bertz CT molecular complexity index is 248. The molecule has 0 radical (unpaired) electrons. The van der Waals surface area contributed by atoms with Crippen molar-refractivity contribution in [2.45, 2.75) is 0 Å². The summed E-state index contributed by atoms with van der Waals surface area (Å²) in [6.07, 6.45) is 4.73. The second kappa shape index (κ2) is 1.90. The Hall–Kier alpha value is -1.72. The number of guanidine groups is 1. The van der Waals surface area contributed by atoms with Gasteiger partial charge in [-0.2, -0.15) is 5.11 Å². The molecule has 2 aliphatic heterocycles. The highest BCUT2D eigenvalue weighted by atomic mass is 15.6. The molecule has 0 aromatic carbocycles. The molecule has 0 atom stereocenters. The number of hydrazine groups is 1. The average molecular weight is 136 g/mol. The van der Waals surface area contributed by atoms with Crippen molar-refractivity contribution in [3.05, 3.63) is 12.4 Å². The van der Waals surface area contributed by atoms with Gasteiger partial charge in [0.05, 0.1) is 12.4 Å². The first-order chi connectivity index (χ1) is 4.97. The van der Waals surface area contributed by atoms with Crippen LogP contribution in [0.15, 0.2) is 32.8 Å². The van der Waals surface area contributed by atoms with Crippen molar-refractivity contribution >= 4 is 12.3 Å². The molecule has 50 valence electrons. The smallest absolute Gasteiger partial charge is 0.279 e. The summed E-state index contributed by atoms with van der Waals surface area (Å²) in [5.74, 6) is 0.449. The third-order valence-corrected chi connectivity index (χ3v) is 1.05. The Kier molecular flexibility index (Phi) is 0.970. The lowest BCUT2D eigenvalue weighted by atomic mass is 10.7. The summed E-state index contributed by atoms with van der Waals surface area (Å²) >= 11 is 0. The number of hydrogen-bond acceptors (Lipinski definition) is 6. The topological polar surface area (TPSA) is 64.7 Å². The Labute approximate surface area is 56.6 Å². The zero-order chi connectivity index (χ0) is 6.81. The molecule has 0 saturated heterocycles. The number of nitrogens with zero attached hydrogens (tertiary/aromatic N) is 5. The van der Waals surface area contributed by atoms with Crippen LogP contribution in [-0.2, 0) is 0 Å². The van der Waals surface area contributed by atoms with Gasteiger partial charge in [0.25, 0.3) is 5.96 Å². The van der Waals surface area contributed by atoms with Crippen molar-refractivity contribution in [3.63, 3.8) is 0 Å². The summed E-state index contributed by atoms with van der Waals surface area (Å²) in [5.41, 5.74) is 2.79. The lowest BCUT2D eigenvalue weighted by molar-refractivity contribution is 0.484. The monoisotopic (exact) mass is 136 g/mol. The van der Waals surface area contributed by atoms with E-state index in [1.807, 2.05) is 0 Å². The largest absolute Gasteiger partial charge is 0.287 e. The molecule has 0 spiro atoms. The molecule has 0 fully saturated rings. The molecule has 0 unspecified atom stereocenters. The van der Waals surface area contributed by atoms with Crippen molar-refractivity contribution < 1.29 is 0 Å². The first-order valence-corrected chi connectivity index (χ1v) is 2.69. The molecular weight excluding hydrogens is 132 g/mol. The van der Waals surface area contributed by atoms with Crippen LogP contribution >= 0.6 is 0 Å². The van der Waals surface area contributed by atoms with E-state index in [9.17, 15) is 0 Å². The molecule has 0 amide bonds. The van der Waals surface area contributed by atoms with Crippen LogP contribution in [0.25, 0.3) is 0 Å². The van der Waals surface area contributed by atoms with E-state index in [0.717, 1.165) is 0 Å². The molecule has 1 N–H and O–H groups in total. The summed E-state index contributed by atoms with van der Waals surface area (Å²) < 4.78 is 0. The molecule has 0 saturated carbocycles. The van der Waals surface area contributed by atoms with Crippen LogP contribution in [0, 0.1) is 0 Å². The van der Waals surface area contributed by atoms with Crippen molar-refractivity contribution in [2.75, 3.05) is 0 Å². The lowest BCUT2D eigenvalue weighted by Gasteiger charge is -2.19. The fourth-order valence-corrected chi connectivity index (χ4v) is 0.634. The third-order valence-electron chi connectivity index (χ3n) is 1.05. The van der Waals surface area contributed by atoms with E-state index in [1.54, 1.807) is 17.4 Å². The lowest BCUT2D eigenvalue weighted by Crippen LogP contribution is -2.39. The van der Waals surface area contributed by atoms with Gasteiger partial charge in [-0.05, 0) is 0 Å². The minimum Gasteiger partial charge on any atom is -0.279 e. The maximum atomic E-state index is 3.69. The molecule has 0 aromatic rings. The van der Waals surface area contributed by atoms with Crippen LogP contribution in [0.4, 0.5) is 0 Å². The minimum absolute atomic E-state index is 0.449. The number of fused-ring (bicyclic) bond motifs is 1. The van der Waals surface area contributed by atoms with Crippen LogP contribution < -0.4 is 5.43 Å². The SMILES string of the molecule is C1=CN2NC=NN=C2N=N1. The quantitative estimate of drug-likeness (QED) is 0.511. The Morgan fingerprint density at radius 1 is 1.50 bits per heavy atom. The van der Waals surface area contributed by atoms with Crippen LogP contribution in [0.2, 0.25) is 0 Å². The summed E-state index contributed by atoms with van der Waals surface area (Å²) in [6, 6.07) is 0. The van der Waals surface area contributed by atoms with Crippen LogP contribution in [0.3, 0.4) is 0 Å². The molecule has 6 nitrogen and oxygen atoms in total. The highest BCUT2D eigenvalue weighted by Gasteiger charge is 2.11. The van der Waals surface area contributed by atoms with E-state index in [4.69, 9.17) is 0 Å². The predicted molar refractivity (Wildman–Crippen MR) is 34.9 cm³/mol. The molecule has 10 heavy (non-hydrogen) atoms. The average Bonchev–Trinajstić information content (AvgIpc) is 2.05. The van der Waals surface area contributed by atoms with Gasteiger partial charge in [-0.1, -0.05) is 0 Å². The zero-order valence-corrected chi connectivity index (χ0v) is 4.97. The van der Waals surface area contributed by atoms with Gasteiger partial charge in [-0.3, -0.25) is 5.43 Å². The van der Waals surface area contributed by atoms with Gasteiger partial charge in [-0.25, -0.2) is 5.01 Å². The second-order valence-electron chi connectivity index (χ2n) is 1.66. The Balaban J connectivity index is 2.34. The van der Waals surface area contributed by atoms with E-state index in [-0.39, 0.29) is 0 Å². The summed E-state index contributed by atoms with van der Waals surface area (Å²) in [4.78, 5) is 0.